The van der Waals surface area contributed by atoms with Crippen LogP contribution in [0.3, 0.4) is 0 Å². The zero-order valence-electron chi connectivity index (χ0n) is 39.2. The van der Waals surface area contributed by atoms with Crippen LogP contribution in [0.25, 0.3) is 72.7 Å². The Labute approximate surface area is 314 Å². The molecule has 0 aliphatic heterocycles. The van der Waals surface area contributed by atoms with Gasteiger partial charge in [0.2, 0.25) is 0 Å². The fraction of sp³-hybridized carbons (Fsp3) is 0.106. The number of benzene rings is 6. The minimum Gasteiger partial charge on any atom is -0.507 e. The Balaban J connectivity index is 1.42. The minimum atomic E-state index is -2.45. The Morgan fingerprint density at radius 3 is 2.22 bits per heavy atom. The van der Waals surface area contributed by atoms with Gasteiger partial charge in [-0.05, 0) is 106 Å². The van der Waals surface area contributed by atoms with Crippen LogP contribution in [0.15, 0.2) is 158 Å². The van der Waals surface area contributed by atoms with Crippen LogP contribution in [0.4, 0.5) is 0 Å². The third-order valence-corrected chi connectivity index (χ3v) is 8.84. The maximum Gasteiger partial charge on any atom is 0.149 e. The van der Waals surface area contributed by atoms with Crippen LogP contribution < -0.4 is 0 Å². The molecule has 51 heavy (non-hydrogen) atoms. The molecule has 4 heteroatoms. The van der Waals surface area contributed by atoms with E-state index in [2.05, 4.69) is 4.98 Å². The van der Waals surface area contributed by atoms with E-state index in [-0.39, 0.29) is 34.2 Å². The van der Waals surface area contributed by atoms with Crippen molar-refractivity contribution in [3.63, 3.8) is 0 Å². The highest BCUT2D eigenvalue weighted by molar-refractivity contribution is 5.97. The number of imidazole rings is 1. The predicted molar refractivity (Wildman–Crippen MR) is 211 cm³/mol. The number of para-hydroxylation sites is 2. The zero-order valence-corrected chi connectivity index (χ0v) is 28.2. The average molecular weight is 673 g/mol. The molecule has 8 rings (SSSR count). The van der Waals surface area contributed by atoms with Gasteiger partial charge in [-0.25, -0.2) is 4.98 Å². The molecular weight excluding hydrogens is 623 g/mol. The molecule has 0 fully saturated rings. The van der Waals surface area contributed by atoms with Crippen molar-refractivity contribution in [3.8, 4) is 67.5 Å². The molecule has 0 aliphatic rings. The van der Waals surface area contributed by atoms with E-state index in [1.54, 1.807) is 42.5 Å². The minimum absolute atomic E-state index is 0.0253. The summed E-state index contributed by atoms with van der Waals surface area (Å²) < 4.78 is 95.8. The smallest absolute Gasteiger partial charge is 0.149 e. The Morgan fingerprint density at radius 1 is 0.667 bits per heavy atom. The SMILES string of the molecule is [2H]c1nc(-c2cc(-c3cccc4c3nc(-c3ccccc3O)n4-c3cc(-c4ccccc4)cc(C([2H])([2H])[2H])c3)cc(C(C)(C)C)c2)c([2H])c(-c2c([2H])c([2H])c([2H])c([2H])c2[2H])c1[2H]. The summed E-state index contributed by atoms with van der Waals surface area (Å²) in [6.45, 7) is 3.59. The van der Waals surface area contributed by atoms with Crippen molar-refractivity contribution in [3.05, 3.63) is 169 Å². The van der Waals surface area contributed by atoms with Gasteiger partial charge in [0, 0.05) is 27.1 Å². The first kappa shape index (κ1) is 21.7. The summed E-state index contributed by atoms with van der Waals surface area (Å²) in [5.41, 5.74) is 4.92. The lowest BCUT2D eigenvalue weighted by Gasteiger charge is -2.22. The van der Waals surface area contributed by atoms with E-state index in [9.17, 15) is 6.48 Å². The number of fused-ring (bicyclic) bond motifs is 1. The second-order valence-corrected chi connectivity index (χ2v) is 13.3. The lowest BCUT2D eigenvalue weighted by molar-refractivity contribution is 0.477. The summed E-state index contributed by atoms with van der Waals surface area (Å²) in [6.07, 6.45) is -0.539. The largest absolute Gasteiger partial charge is 0.507 e. The molecule has 0 bridgehead atoms. The number of aromatic hydroxyl groups is 1. The van der Waals surface area contributed by atoms with Crippen molar-refractivity contribution in [2.75, 3.05) is 0 Å². The van der Waals surface area contributed by atoms with Crippen LogP contribution in [0.2, 0.25) is 0 Å². The highest BCUT2D eigenvalue weighted by Crippen LogP contribution is 2.40. The molecule has 0 spiro atoms. The van der Waals surface area contributed by atoms with Crippen molar-refractivity contribution in [1.82, 2.24) is 14.5 Å². The number of phenols is 1. The topological polar surface area (TPSA) is 50.9 Å². The number of aromatic nitrogens is 3. The third-order valence-electron chi connectivity index (χ3n) is 8.84. The Bertz CT molecular complexity index is 3070. The molecule has 0 amide bonds. The molecule has 1 N–H and O–H groups in total. The quantitative estimate of drug-likeness (QED) is 0.191. The second kappa shape index (κ2) is 12.9. The number of phenolic OH excluding ortho intramolecular Hbond substituents is 1. The number of rotatable bonds is 6. The molecule has 0 atom stereocenters. The number of pyridine rings is 1. The molecular formula is C47H39N3O. The van der Waals surface area contributed by atoms with E-state index in [1.807, 2.05) is 92.1 Å². The van der Waals surface area contributed by atoms with Gasteiger partial charge in [0.05, 0.1) is 33.3 Å². The van der Waals surface area contributed by atoms with E-state index in [0.29, 0.717) is 50.4 Å². The summed E-state index contributed by atoms with van der Waals surface area (Å²) in [7, 11) is 0. The number of nitrogens with zero attached hydrogens (tertiary/aromatic N) is 3. The van der Waals surface area contributed by atoms with Crippen molar-refractivity contribution in [2.24, 2.45) is 0 Å². The lowest BCUT2D eigenvalue weighted by Crippen LogP contribution is -2.11. The van der Waals surface area contributed by atoms with Crippen molar-refractivity contribution >= 4 is 11.0 Å². The van der Waals surface area contributed by atoms with E-state index in [4.69, 9.17) is 18.7 Å². The average Bonchev–Trinajstić information content (AvgIpc) is 3.64. The maximum atomic E-state index is 11.3. The fourth-order valence-electron chi connectivity index (χ4n) is 6.28. The molecule has 248 valence electrons. The van der Waals surface area contributed by atoms with Gasteiger partial charge in [0.15, 0.2) is 0 Å². The molecule has 0 saturated heterocycles. The van der Waals surface area contributed by atoms with E-state index in [1.165, 1.54) is 0 Å². The molecule has 0 radical (unpaired) electrons. The molecule has 4 nitrogen and oxygen atoms in total. The van der Waals surface area contributed by atoms with Crippen LogP contribution >= 0.6 is 0 Å². The summed E-state index contributed by atoms with van der Waals surface area (Å²) in [6, 6.07) is 28.6. The van der Waals surface area contributed by atoms with Crippen LogP contribution in [-0.4, -0.2) is 19.6 Å². The Kier molecular flexibility index (Phi) is 5.49. The van der Waals surface area contributed by atoms with Crippen molar-refractivity contribution in [2.45, 2.75) is 33.0 Å². The van der Waals surface area contributed by atoms with Crippen molar-refractivity contribution < 1.29 is 20.2 Å². The van der Waals surface area contributed by atoms with Gasteiger partial charge in [0.1, 0.15) is 11.6 Å². The second-order valence-electron chi connectivity index (χ2n) is 13.3. The predicted octanol–water partition coefficient (Wildman–Crippen LogP) is 12.1. The number of hydrogen-bond acceptors (Lipinski definition) is 3. The molecule has 0 unspecified atom stereocenters. The zero-order chi connectivity index (χ0) is 44.6. The summed E-state index contributed by atoms with van der Waals surface area (Å²) in [4.78, 5) is 9.57. The number of aryl methyl sites for hydroxylation is 1. The first-order valence-corrected chi connectivity index (χ1v) is 16.5. The van der Waals surface area contributed by atoms with Crippen LogP contribution in [0.1, 0.15) is 47.0 Å². The molecule has 0 saturated carbocycles. The van der Waals surface area contributed by atoms with Gasteiger partial charge in [-0.15, -0.1) is 0 Å². The third kappa shape index (κ3) is 6.21. The van der Waals surface area contributed by atoms with Gasteiger partial charge < -0.3 is 5.11 Å². The molecule has 6 aromatic carbocycles. The first-order valence-electron chi connectivity index (χ1n) is 22.0. The van der Waals surface area contributed by atoms with Crippen LogP contribution in [0.5, 0.6) is 5.75 Å². The van der Waals surface area contributed by atoms with Gasteiger partial charge in [0.25, 0.3) is 0 Å². The highest BCUT2D eigenvalue weighted by atomic mass is 16.3. The monoisotopic (exact) mass is 672 g/mol. The van der Waals surface area contributed by atoms with Gasteiger partial charge >= 0.3 is 0 Å². The normalized spacial score (nSPS) is 14.9. The Hall–Kier alpha value is -6.26. The molecule has 0 aliphatic carbocycles. The van der Waals surface area contributed by atoms with Gasteiger partial charge in [-0.3, -0.25) is 9.55 Å². The fourth-order valence-corrected chi connectivity index (χ4v) is 6.28. The molecule has 2 aromatic heterocycles. The lowest BCUT2D eigenvalue weighted by atomic mass is 9.83. The van der Waals surface area contributed by atoms with Crippen LogP contribution in [0, 0.1) is 6.85 Å². The molecule has 2 heterocycles. The van der Waals surface area contributed by atoms with E-state index in [0.717, 1.165) is 11.1 Å². The first-order chi connectivity index (χ1) is 29.3. The standard InChI is InChI=1S/C47H39N3O/c1-31-24-35(33-16-9-6-10-17-33)29-39(25-31)50-43-20-13-19-40(45(43)49-46(50)41-18-11-12-21-44(41)51)36-26-37(28-38(27-36)47(2,3)4)42-30-34(22-23-48-42)32-14-7-5-8-15-32/h5-30,51H,1-4H3/i1D3,5D,7D,8D,14D,15D,22D,23D,30D. The van der Waals surface area contributed by atoms with Crippen LogP contribution in [-0.2, 0) is 5.41 Å². The Morgan fingerprint density at radius 2 is 1.43 bits per heavy atom. The van der Waals surface area contributed by atoms with E-state index >= 15 is 0 Å². The highest BCUT2D eigenvalue weighted by Gasteiger charge is 2.22. The van der Waals surface area contributed by atoms with E-state index < -0.39 is 54.7 Å². The van der Waals surface area contributed by atoms with Crippen molar-refractivity contribution in [1.29, 1.82) is 0 Å². The maximum absolute atomic E-state index is 11.3. The molecule has 8 aromatic rings. The summed E-state index contributed by atoms with van der Waals surface area (Å²) in [5, 5.41) is 11.3. The summed E-state index contributed by atoms with van der Waals surface area (Å²) in [5.74, 6) is 0.314. The van der Waals surface area contributed by atoms with Gasteiger partial charge in [-0.1, -0.05) is 118 Å². The summed E-state index contributed by atoms with van der Waals surface area (Å²) >= 11 is 0. The van der Waals surface area contributed by atoms with Gasteiger partial charge in [-0.2, -0.15) is 0 Å². The number of hydrogen-bond donors (Lipinski definition) is 1.